The molecule has 0 aromatic heterocycles. The molecule has 7 rings (SSSR count). The van der Waals surface area contributed by atoms with Gasteiger partial charge < -0.3 is 14.6 Å². The van der Waals surface area contributed by atoms with Crippen LogP contribution >= 0.6 is 15.9 Å². The van der Waals surface area contributed by atoms with Crippen LogP contribution in [0.25, 0.3) is 0 Å². The van der Waals surface area contributed by atoms with Crippen LogP contribution in [0, 0.1) is 30.6 Å². The van der Waals surface area contributed by atoms with Crippen LogP contribution in [0.3, 0.4) is 0 Å². The lowest BCUT2D eigenvalue weighted by Crippen LogP contribution is -2.53. The predicted octanol–water partition coefficient (Wildman–Crippen LogP) is 5.22. The number of aromatic hydroxyl groups is 1. The molecule has 11 nitrogen and oxygen atoms in total. The minimum absolute atomic E-state index is 0.0367. The Balaban J connectivity index is 1.48. The SMILES string of the molecule is COC(=O)N1C(=O)C2CC=C3C(CC4C(=O)N(Nc5ccc(C)cc5)C(=O)C4(c4ccccc4)C3c3cc(Br)cc(OC)c3O)C2C1=O. The molecule has 2 saturated heterocycles. The Labute approximate surface area is 284 Å². The van der Waals surface area contributed by atoms with Crippen LogP contribution in [0.2, 0.25) is 0 Å². The average Bonchev–Trinajstić information content (AvgIpc) is 3.47. The zero-order valence-electron chi connectivity index (χ0n) is 26.3. The number of aryl methyl sites for hydroxylation is 1. The van der Waals surface area contributed by atoms with Gasteiger partial charge in [0, 0.05) is 16.0 Å². The number of imide groups is 4. The van der Waals surface area contributed by atoms with Crippen LogP contribution in [0.4, 0.5) is 10.5 Å². The molecule has 0 bridgehead atoms. The molecular formula is C36H32BrN3O8. The van der Waals surface area contributed by atoms with E-state index in [1.54, 1.807) is 48.5 Å². The third-order valence-corrected chi connectivity index (χ3v) is 10.8. The number of methoxy groups -OCH3 is 2. The number of nitrogens with one attached hydrogen (secondary N) is 1. The number of amides is 5. The van der Waals surface area contributed by atoms with Crippen LogP contribution in [0.5, 0.6) is 11.5 Å². The molecule has 1 saturated carbocycles. The van der Waals surface area contributed by atoms with E-state index in [1.807, 2.05) is 31.2 Å². The van der Waals surface area contributed by atoms with Crippen molar-refractivity contribution in [1.29, 1.82) is 0 Å². The zero-order chi connectivity index (χ0) is 34.1. The fraction of sp³-hybridized carbons (Fsp3) is 0.306. The van der Waals surface area contributed by atoms with Gasteiger partial charge in [-0.15, -0.1) is 0 Å². The van der Waals surface area contributed by atoms with Gasteiger partial charge in [-0.25, -0.2) is 4.79 Å². The number of carbonyl (C=O) groups is 5. The summed E-state index contributed by atoms with van der Waals surface area (Å²) in [5, 5.41) is 12.8. The van der Waals surface area contributed by atoms with Crippen LogP contribution in [0.1, 0.15) is 35.4 Å². The minimum atomic E-state index is -1.58. The van der Waals surface area contributed by atoms with Gasteiger partial charge in [0.05, 0.1) is 43.1 Å². The molecule has 0 spiro atoms. The van der Waals surface area contributed by atoms with Crippen LogP contribution < -0.4 is 10.2 Å². The summed E-state index contributed by atoms with van der Waals surface area (Å²) in [6.45, 7) is 1.93. The van der Waals surface area contributed by atoms with Gasteiger partial charge in [-0.1, -0.05) is 75.6 Å². The summed E-state index contributed by atoms with van der Waals surface area (Å²) in [5.74, 6) is -7.05. The molecule has 6 unspecified atom stereocenters. The van der Waals surface area contributed by atoms with Crippen molar-refractivity contribution < 1.29 is 38.6 Å². The first-order valence-electron chi connectivity index (χ1n) is 15.5. The number of nitrogens with zero attached hydrogens (tertiary/aromatic N) is 2. The molecule has 246 valence electrons. The summed E-state index contributed by atoms with van der Waals surface area (Å²) in [6.07, 6.45) is 0.917. The Hall–Kier alpha value is -4.97. The van der Waals surface area contributed by atoms with E-state index in [1.165, 1.54) is 7.11 Å². The molecular weight excluding hydrogens is 682 g/mol. The molecule has 3 fully saturated rings. The first-order valence-corrected chi connectivity index (χ1v) is 16.3. The van der Waals surface area contributed by atoms with E-state index < -0.39 is 64.7 Å². The van der Waals surface area contributed by atoms with Crippen molar-refractivity contribution in [2.24, 2.45) is 23.7 Å². The van der Waals surface area contributed by atoms with Crippen molar-refractivity contribution in [1.82, 2.24) is 9.91 Å². The smallest absolute Gasteiger partial charge is 0.423 e. The lowest BCUT2D eigenvalue weighted by molar-refractivity contribution is -0.140. The summed E-state index contributed by atoms with van der Waals surface area (Å²) in [4.78, 5) is 70.4. The number of hydrogen-bond acceptors (Lipinski definition) is 9. The Morgan fingerprint density at radius 1 is 0.958 bits per heavy atom. The van der Waals surface area contributed by atoms with Gasteiger partial charge >= 0.3 is 6.09 Å². The van der Waals surface area contributed by atoms with Crippen molar-refractivity contribution in [3.8, 4) is 11.5 Å². The lowest BCUT2D eigenvalue weighted by atomic mass is 9.49. The highest BCUT2D eigenvalue weighted by Crippen LogP contribution is 2.65. The maximum absolute atomic E-state index is 15.2. The number of fused-ring (bicyclic) bond motifs is 4. The number of allylic oxidation sites excluding steroid dienone is 2. The Morgan fingerprint density at radius 2 is 1.67 bits per heavy atom. The average molecular weight is 715 g/mol. The van der Waals surface area contributed by atoms with Crippen LogP contribution in [-0.2, 0) is 29.3 Å². The third-order valence-electron chi connectivity index (χ3n) is 10.4. The monoisotopic (exact) mass is 713 g/mol. The summed E-state index contributed by atoms with van der Waals surface area (Å²) >= 11 is 3.53. The summed E-state index contributed by atoms with van der Waals surface area (Å²) < 4.78 is 10.9. The second-order valence-electron chi connectivity index (χ2n) is 12.6. The number of hydrogen-bond donors (Lipinski definition) is 2. The van der Waals surface area contributed by atoms with E-state index in [0.717, 1.165) is 17.7 Å². The largest absolute Gasteiger partial charge is 0.504 e. The number of hydrazine groups is 1. The number of halogens is 1. The molecule has 0 radical (unpaired) electrons. The number of anilines is 1. The predicted molar refractivity (Wildman–Crippen MR) is 175 cm³/mol. The molecule has 2 aliphatic carbocycles. The standard InChI is InChI=1S/C36H32BrN3O8/c1-18-9-11-21(12-10-18)38-40-32(43)26-17-24-22(13-14-23-28(24)33(44)39(31(23)42)35(46)48-3)29(25-15-20(37)16-27(47-2)30(25)41)36(26,34(40)45)19-7-5-4-6-8-19/h4-13,15-16,23-24,26,28-29,38,41H,14,17H2,1-3H3. The number of benzene rings is 3. The van der Waals surface area contributed by atoms with Gasteiger partial charge in [0.25, 0.3) is 11.8 Å². The minimum Gasteiger partial charge on any atom is -0.504 e. The fourth-order valence-corrected chi connectivity index (χ4v) is 8.79. The van der Waals surface area contributed by atoms with E-state index in [9.17, 15) is 24.3 Å². The quantitative estimate of drug-likeness (QED) is 0.269. The first kappa shape index (κ1) is 31.6. The number of ether oxygens (including phenoxy) is 2. The molecule has 3 aromatic carbocycles. The van der Waals surface area contributed by atoms with E-state index in [2.05, 4.69) is 21.4 Å². The molecule has 6 atom stereocenters. The topological polar surface area (TPSA) is 143 Å². The maximum atomic E-state index is 15.2. The maximum Gasteiger partial charge on any atom is 0.423 e. The Morgan fingerprint density at radius 3 is 2.33 bits per heavy atom. The summed E-state index contributed by atoms with van der Waals surface area (Å²) in [5.41, 5.74) is 4.46. The van der Waals surface area contributed by atoms with Crippen molar-refractivity contribution in [2.45, 2.75) is 31.1 Å². The molecule has 2 aliphatic heterocycles. The molecule has 2 heterocycles. The van der Waals surface area contributed by atoms with Gasteiger partial charge in [-0.3, -0.25) is 24.6 Å². The number of phenols is 1. The van der Waals surface area contributed by atoms with Gasteiger partial charge in [0.2, 0.25) is 11.8 Å². The van der Waals surface area contributed by atoms with Gasteiger partial charge in [0.15, 0.2) is 11.5 Å². The highest BCUT2D eigenvalue weighted by atomic mass is 79.9. The number of rotatable bonds is 5. The van der Waals surface area contributed by atoms with Crippen molar-refractivity contribution in [3.63, 3.8) is 0 Å². The van der Waals surface area contributed by atoms with E-state index in [4.69, 9.17) is 9.47 Å². The van der Waals surface area contributed by atoms with Crippen molar-refractivity contribution in [3.05, 3.63) is 99.5 Å². The number of phenolic OH excluding ortho intramolecular Hbond substituents is 1. The molecule has 12 heteroatoms. The van der Waals surface area contributed by atoms with E-state index in [0.29, 0.717) is 31.8 Å². The van der Waals surface area contributed by atoms with Crippen molar-refractivity contribution >= 4 is 51.3 Å². The van der Waals surface area contributed by atoms with E-state index in [-0.39, 0.29) is 24.3 Å². The van der Waals surface area contributed by atoms with Gasteiger partial charge in [-0.2, -0.15) is 9.91 Å². The molecule has 48 heavy (non-hydrogen) atoms. The first-order chi connectivity index (χ1) is 23.0. The normalized spacial score (nSPS) is 27.7. The van der Waals surface area contributed by atoms with Crippen LogP contribution in [0.15, 0.2) is 82.9 Å². The van der Waals surface area contributed by atoms with Crippen LogP contribution in [-0.4, -0.2) is 59.0 Å². The lowest BCUT2D eigenvalue weighted by Gasteiger charge is -2.50. The van der Waals surface area contributed by atoms with Gasteiger partial charge in [0.1, 0.15) is 0 Å². The highest BCUT2D eigenvalue weighted by Gasteiger charge is 2.71. The zero-order valence-corrected chi connectivity index (χ0v) is 27.9. The highest BCUT2D eigenvalue weighted by molar-refractivity contribution is 9.10. The molecule has 5 amide bonds. The van der Waals surface area contributed by atoms with Crippen molar-refractivity contribution in [2.75, 3.05) is 19.6 Å². The Kier molecular flexibility index (Phi) is 7.66. The molecule has 4 aliphatic rings. The summed E-state index contributed by atoms with van der Waals surface area (Å²) in [7, 11) is 2.51. The number of carbonyl (C=O) groups excluding carboxylic acids is 5. The third kappa shape index (κ3) is 4.42. The molecule has 3 aromatic rings. The Bertz CT molecular complexity index is 1910. The van der Waals surface area contributed by atoms with Gasteiger partial charge in [-0.05, 0) is 55.5 Å². The van der Waals surface area contributed by atoms with E-state index >= 15 is 4.79 Å². The fourth-order valence-electron chi connectivity index (χ4n) is 8.33. The number of likely N-dealkylation sites (tertiary alicyclic amines) is 1. The second kappa shape index (κ2) is 11.6. The second-order valence-corrected chi connectivity index (χ2v) is 13.5. The molecule has 2 N–H and O–H groups in total. The summed E-state index contributed by atoms with van der Waals surface area (Å²) in [6, 6.07) is 19.5.